The third-order valence-electron chi connectivity index (χ3n) is 4.16. The molecule has 0 bridgehead atoms. The summed E-state index contributed by atoms with van der Waals surface area (Å²) >= 11 is 1.53. The predicted molar refractivity (Wildman–Crippen MR) is 97.2 cm³/mol. The molecule has 2 atom stereocenters. The minimum Gasteiger partial charge on any atom is -0.373 e. The molecule has 2 aromatic rings. The Morgan fingerprint density at radius 1 is 1.17 bits per heavy atom. The molecule has 0 saturated carbocycles. The summed E-state index contributed by atoms with van der Waals surface area (Å²) < 4.78 is 5.78. The second-order valence-corrected chi connectivity index (χ2v) is 7.24. The highest BCUT2D eigenvalue weighted by atomic mass is 32.1. The summed E-state index contributed by atoms with van der Waals surface area (Å²) in [7, 11) is 0. The van der Waals surface area contributed by atoms with Crippen molar-refractivity contribution in [2.45, 2.75) is 39.1 Å². The van der Waals surface area contributed by atoms with Crippen LogP contribution in [0.4, 0.5) is 0 Å². The van der Waals surface area contributed by atoms with Crippen molar-refractivity contribution < 1.29 is 9.53 Å². The van der Waals surface area contributed by atoms with Gasteiger partial charge in [-0.15, -0.1) is 0 Å². The standard InChI is InChI=1S/C19H24N2O2S/c1-14-10-21(11-15(2)23-14)12-17-5-3-16(4-6-17)9-20-19(22)18-7-8-24-13-18/h3-8,13-15H,9-12H2,1-2H3,(H,20,22). The zero-order valence-electron chi connectivity index (χ0n) is 14.2. The molecule has 1 aliphatic heterocycles. The summed E-state index contributed by atoms with van der Waals surface area (Å²) in [6, 6.07) is 10.3. The molecule has 1 aliphatic rings. The summed E-state index contributed by atoms with van der Waals surface area (Å²) in [5, 5.41) is 6.73. The Kier molecular flexibility index (Phi) is 5.66. The fourth-order valence-corrected chi connectivity index (χ4v) is 3.75. The second kappa shape index (κ2) is 7.92. The van der Waals surface area contributed by atoms with Crippen LogP contribution in [0.1, 0.15) is 35.3 Å². The Bertz CT molecular complexity index is 645. The second-order valence-electron chi connectivity index (χ2n) is 6.46. The van der Waals surface area contributed by atoms with Crippen LogP contribution in [0.2, 0.25) is 0 Å². The number of hydrogen-bond acceptors (Lipinski definition) is 4. The minimum absolute atomic E-state index is 0.0170. The maximum Gasteiger partial charge on any atom is 0.252 e. The van der Waals surface area contributed by atoms with Crippen LogP contribution in [-0.4, -0.2) is 36.1 Å². The highest BCUT2D eigenvalue weighted by Gasteiger charge is 2.21. The largest absolute Gasteiger partial charge is 0.373 e. The van der Waals surface area contributed by atoms with E-state index in [9.17, 15) is 4.79 Å². The number of carbonyl (C=O) groups excluding carboxylic acids is 1. The van der Waals surface area contributed by atoms with Gasteiger partial charge in [-0.2, -0.15) is 11.3 Å². The summed E-state index contributed by atoms with van der Waals surface area (Å²) in [4.78, 5) is 14.4. The number of thiophene rings is 1. The molecule has 24 heavy (non-hydrogen) atoms. The van der Waals surface area contributed by atoms with E-state index >= 15 is 0 Å². The van der Waals surface area contributed by atoms with Gasteiger partial charge in [-0.25, -0.2) is 0 Å². The van der Waals surface area contributed by atoms with E-state index in [1.165, 1.54) is 16.9 Å². The monoisotopic (exact) mass is 344 g/mol. The van der Waals surface area contributed by atoms with Crippen LogP contribution in [0.15, 0.2) is 41.1 Å². The van der Waals surface area contributed by atoms with Gasteiger partial charge in [-0.3, -0.25) is 9.69 Å². The molecule has 1 fully saturated rings. The first-order valence-electron chi connectivity index (χ1n) is 8.36. The van der Waals surface area contributed by atoms with Crippen LogP contribution in [-0.2, 0) is 17.8 Å². The summed E-state index contributed by atoms with van der Waals surface area (Å²) in [6.07, 6.45) is 0.584. The number of carbonyl (C=O) groups is 1. The number of hydrogen-bond donors (Lipinski definition) is 1. The van der Waals surface area contributed by atoms with E-state index in [2.05, 4.69) is 48.3 Å². The summed E-state index contributed by atoms with van der Waals surface area (Å²) in [5.41, 5.74) is 3.14. The van der Waals surface area contributed by atoms with Crippen LogP contribution in [0.25, 0.3) is 0 Å². The molecule has 128 valence electrons. The topological polar surface area (TPSA) is 41.6 Å². The molecule has 1 aromatic carbocycles. The molecule has 1 saturated heterocycles. The lowest BCUT2D eigenvalue weighted by molar-refractivity contribution is -0.0704. The van der Waals surface area contributed by atoms with Gasteiger partial charge in [0.25, 0.3) is 5.91 Å². The van der Waals surface area contributed by atoms with Crippen molar-refractivity contribution in [2.24, 2.45) is 0 Å². The van der Waals surface area contributed by atoms with Crippen LogP contribution >= 0.6 is 11.3 Å². The van der Waals surface area contributed by atoms with E-state index in [4.69, 9.17) is 4.74 Å². The van der Waals surface area contributed by atoms with Crippen molar-refractivity contribution in [2.75, 3.05) is 13.1 Å². The van der Waals surface area contributed by atoms with E-state index < -0.39 is 0 Å². The Labute approximate surface area is 147 Å². The smallest absolute Gasteiger partial charge is 0.252 e. The van der Waals surface area contributed by atoms with Gasteiger partial charge < -0.3 is 10.1 Å². The molecule has 4 nitrogen and oxygen atoms in total. The van der Waals surface area contributed by atoms with Gasteiger partial charge in [0.1, 0.15) is 0 Å². The van der Waals surface area contributed by atoms with Gasteiger partial charge >= 0.3 is 0 Å². The van der Waals surface area contributed by atoms with Crippen LogP contribution in [0.3, 0.4) is 0 Å². The number of rotatable bonds is 5. The highest BCUT2D eigenvalue weighted by Crippen LogP contribution is 2.15. The molecular weight excluding hydrogens is 320 g/mol. The van der Waals surface area contributed by atoms with Crippen LogP contribution in [0, 0.1) is 0 Å². The van der Waals surface area contributed by atoms with E-state index in [-0.39, 0.29) is 5.91 Å². The van der Waals surface area contributed by atoms with Gasteiger partial charge in [0.15, 0.2) is 0 Å². The summed E-state index contributed by atoms with van der Waals surface area (Å²) in [5.74, 6) is -0.0170. The van der Waals surface area contributed by atoms with Gasteiger partial charge in [0.2, 0.25) is 0 Å². The lowest BCUT2D eigenvalue weighted by Gasteiger charge is -2.35. The normalized spacial score (nSPS) is 21.6. The van der Waals surface area contributed by atoms with E-state index in [0.717, 1.165) is 30.8 Å². The Morgan fingerprint density at radius 2 is 1.83 bits per heavy atom. The van der Waals surface area contributed by atoms with Crippen LogP contribution < -0.4 is 5.32 Å². The number of nitrogens with zero attached hydrogens (tertiary/aromatic N) is 1. The average Bonchev–Trinajstić information content (AvgIpc) is 3.07. The van der Waals surface area contributed by atoms with Gasteiger partial charge in [0.05, 0.1) is 12.2 Å². The molecule has 0 radical (unpaired) electrons. The SMILES string of the molecule is CC1CN(Cc2ccc(CNC(=O)c3ccsc3)cc2)CC(C)O1. The number of morpholine rings is 1. The first-order valence-corrected chi connectivity index (χ1v) is 9.30. The van der Waals surface area contributed by atoms with Crippen LogP contribution in [0.5, 0.6) is 0 Å². The zero-order valence-corrected chi connectivity index (χ0v) is 15.0. The fourth-order valence-electron chi connectivity index (χ4n) is 3.11. The maximum atomic E-state index is 11.9. The molecule has 1 N–H and O–H groups in total. The average molecular weight is 344 g/mol. The molecule has 5 heteroatoms. The number of amides is 1. The predicted octanol–water partition coefficient (Wildman–Crippen LogP) is 3.29. The molecule has 2 unspecified atom stereocenters. The zero-order chi connectivity index (χ0) is 16.9. The third-order valence-corrected chi connectivity index (χ3v) is 4.84. The number of benzene rings is 1. The summed E-state index contributed by atoms with van der Waals surface area (Å²) in [6.45, 7) is 7.70. The first kappa shape index (κ1) is 17.1. The van der Waals surface area contributed by atoms with Gasteiger partial charge in [-0.1, -0.05) is 24.3 Å². The Morgan fingerprint density at radius 3 is 2.46 bits per heavy atom. The molecular formula is C19H24N2O2S. The molecule has 1 aromatic heterocycles. The lowest BCUT2D eigenvalue weighted by atomic mass is 10.1. The van der Waals surface area contributed by atoms with Crippen molar-refractivity contribution in [3.8, 4) is 0 Å². The van der Waals surface area contributed by atoms with Crippen molar-refractivity contribution >= 4 is 17.2 Å². The highest BCUT2D eigenvalue weighted by molar-refractivity contribution is 7.08. The van der Waals surface area contributed by atoms with Crippen molar-refractivity contribution in [1.29, 1.82) is 0 Å². The molecule has 2 heterocycles. The Balaban J connectivity index is 1.51. The van der Waals surface area contributed by atoms with Crippen molar-refractivity contribution in [3.63, 3.8) is 0 Å². The quantitative estimate of drug-likeness (QED) is 0.905. The fraction of sp³-hybridized carbons (Fsp3) is 0.421. The third kappa shape index (κ3) is 4.66. The van der Waals surface area contributed by atoms with E-state index in [0.29, 0.717) is 18.8 Å². The van der Waals surface area contributed by atoms with Crippen molar-refractivity contribution in [3.05, 3.63) is 57.8 Å². The lowest BCUT2D eigenvalue weighted by Crippen LogP contribution is -2.44. The number of nitrogens with one attached hydrogen (secondary N) is 1. The Hall–Kier alpha value is -1.69. The van der Waals surface area contributed by atoms with Crippen molar-refractivity contribution in [1.82, 2.24) is 10.2 Å². The maximum absolute atomic E-state index is 11.9. The minimum atomic E-state index is -0.0170. The van der Waals surface area contributed by atoms with Gasteiger partial charge in [-0.05, 0) is 36.4 Å². The first-order chi connectivity index (χ1) is 11.6. The van der Waals surface area contributed by atoms with E-state index in [1.807, 2.05) is 16.8 Å². The van der Waals surface area contributed by atoms with Gasteiger partial charge in [0, 0.05) is 37.1 Å². The molecule has 0 spiro atoms. The number of ether oxygens (including phenoxy) is 1. The van der Waals surface area contributed by atoms with E-state index in [1.54, 1.807) is 0 Å². The molecule has 0 aliphatic carbocycles. The molecule has 3 rings (SSSR count). The molecule has 1 amide bonds.